The minimum atomic E-state index is 0.589. The molecule has 0 heterocycles. The van der Waals surface area contributed by atoms with Gasteiger partial charge in [-0.25, -0.2) is 0 Å². The Kier molecular flexibility index (Phi) is 4.81. The lowest BCUT2D eigenvalue weighted by Gasteiger charge is -2.26. The molecule has 2 aromatic carbocycles. The van der Waals surface area contributed by atoms with Crippen molar-refractivity contribution in [3.05, 3.63) is 58.6 Å². The van der Waals surface area contributed by atoms with E-state index in [9.17, 15) is 0 Å². The van der Waals surface area contributed by atoms with E-state index in [1.807, 2.05) is 24.3 Å². The lowest BCUT2D eigenvalue weighted by molar-refractivity contribution is 0.304. The molecule has 0 radical (unpaired) electrons. The van der Waals surface area contributed by atoms with Gasteiger partial charge in [0.2, 0.25) is 0 Å². The molecule has 21 heavy (non-hydrogen) atoms. The fourth-order valence-corrected chi connectivity index (χ4v) is 2.78. The Labute approximate surface area is 134 Å². The number of benzene rings is 2. The maximum atomic E-state index is 5.92. The van der Waals surface area contributed by atoms with Crippen molar-refractivity contribution in [3.63, 3.8) is 0 Å². The SMILES string of the molecule is Brc1ccc(NCC2CCC2)cc1OCc1ccccc1. The highest BCUT2D eigenvalue weighted by Crippen LogP contribution is 2.30. The van der Waals surface area contributed by atoms with E-state index in [-0.39, 0.29) is 0 Å². The first kappa shape index (κ1) is 14.5. The van der Waals surface area contributed by atoms with Crippen molar-refractivity contribution in [2.24, 2.45) is 5.92 Å². The molecule has 110 valence electrons. The summed E-state index contributed by atoms with van der Waals surface area (Å²) in [6.45, 7) is 1.66. The number of hydrogen-bond acceptors (Lipinski definition) is 2. The van der Waals surface area contributed by atoms with Crippen LogP contribution in [0.1, 0.15) is 24.8 Å². The first-order chi connectivity index (χ1) is 10.3. The highest BCUT2D eigenvalue weighted by molar-refractivity contribution is 9.10. The van der Waals surface area contributed by atoms with Gasteiger partial charge in [-0.2, -0.15) is 0 Å². The lowest BCUT2D eigenvalue weighted by atomic mass is 9.85. The van der Waals surface area contributed by atoms with Crippen LogP contribution < -0.4 is 10.1 Å². The monoisotopic (exact) mass is 345 g/mol. The summed E-state index contributed by atoms with van der Waals surface area (Å²) in [5, 5.41) is 3.51. The van der Waals surface area contributed by atoms with Gasteiger partial charge in [0.05, 0.1) is 4.47 Å². The summed E-state index contributed by atoms with van der Waals surface area (Å²) in [5.74, 6) is 1.74. The number of halogens is 1. The third kappa shape index (κ3) is 4.01. The number of ether oxygens (including phenoxy) is 1. The van der Waals surface area contributed by atoms with Crippen LogP contribution in [0.15, 0.2) is 53.0 Å². The molecule has 0 aromatic heterocycles. The molecule has 1 fully saturated rings. The van der Waals surface area contributed by atoms with Gasteiger partial charge in [0.15, 0.2) is 0 Å². The predicted molar refractivity (Wildman–Crippen MR) is 90.7 cm³/mol. The van der Waals surface area contributed by atoms with Crippen molar-refractivity contribution >= 4 is 21.6 Å². The van der Waals surface area contributed by atoms with Crippen LogP contribution in [0.2, 0.25) is 0 Å². The fraction of sp³-hybridized carbons (Fsp3) is 0.333. The zero-order valence-corrected chi connectivity index (χ0v) is 13.6. The van der Waals surface area contributed by atoms with Crippen LogP contribution in [0, 0.1) is 5.92 Å². The molecule has 1 aliphatic carbocycles. The Bertz CT molecular complexity index is 581. The summed E-state index contributed by atoms with van der Waals surface area (Å²) < 4.78 is 6.92. The van der Waals surface area contributed by atoms with Crippen molar-refractivity contribution in [1.29, 1.82) is 0 Å². The van der Waals surface area contributed by atoms with Gasteiger partial charge in [-0.3, -0.25) is 0 Å². The third-order valence-corrected chi connectivity index (χ3v) is 4.64. The molecule has 2 nitrogen and oxygen atoms in total. The normalized spacial score (nSPS) is 14.5. The number of nitrogens with one attached hydrogen (secondary N) is 1. The van der Waals surface area contributed by atoms with Crippen molar-refractivity contribution in [2.75, 3.05) is 11.9 Å². The Hall–Kier alpha value is -1.48. The topological polar surface area (TPSA) is 21.3 Å². The molecule has 1 N–H and O–H groups in total. The largest absolute Gasteiger partial charge is 0.488 e. The van der Waals surface area contributed by atoms with Crippen LogP contribution in [0.25, 0.3) is 0 Å². The van der Waals surface area contributed by atoms with Gasteiger partial charge < -0.3 is 10.1 Å². The standard InChI is InChI=1S/C18H20BrNO/c19-17-10-9-16(20-12-14-7-4-8-14)11-18(17)21-13-15-5-2-1-3-6-15/h1-3,5-6,9-11,14,20H,4,7-8,12-13H2. The number of rotatable bonds is 6. The van der Waals surface area contributed by atoms with Crippen molar-refractivity contribution in [2.45, 2.75) is 25.9 Å². The van der Waals surface area contributed by atoms with E-state index in [1.54, 1.807) is 0 Å². The van der Waals surface area contributed by atoms with Gasteiger partial charge in [0.25, 0.3) is 0 Å². The summed E-state index contributed by atoms with van der Waals surface area (Å²) in [6, 6.07) is 16.4. The minimum Gasteiger partial charge on any atom is -0.488 e. The first-order valence-electron chi connectivity index (χ1n) is 7.51. The number of anilines is 1. The smallest absolute Gasteiger partial charge is 0.136 e. The Morgan fingerprint density at radius 3 is 2.62 bits per heavy atom. The van der Waals surface area contributed by atoms with Gasteiger partial charge in [0, 0.05) is 18.3 Å². The lowest BCUT2D eigenvalue weighted by Crippen LogP contribution is -2.20. The van der Waals surface area contributed by atoms with Gasteiger partial charge in [-0.1, -0.05) is 36.8 Å². The Morgan fingerprint density at radius 1 is 1.10 bits per heavy atom. The third-order valence-electron chi connectivity index (χ3n) is 3.99. The van der Waals surface area contributed by atoms with Crippen LogP contribution in [0.3, 0.4) is 0 Å². The summed E-state index contributed by atoms with van der Waals surface area (Å²) in [5.41, 5.74) is 2.31. The van der Waals surface area contributed by atoms with Gasteiger partial charge >= 0.3 is 0 Å². The zero-order chi connectivity index (χ0) is 14.5. The maximum absolute atomic E-state index is 5.92. The van der Waals surface area contributed by atoms with E-state index in [0.717, 1.165) is 28.4 Å². The van der Waals surface area contributed by atoms with Gasteiger partial charge in [-0.05, 0) is 52.4 Å². The van der Waals surface area contributed by atoms with Gasteiger partial charge in [-0.15, -0.1) is 0 Å². The first-order valence-corrected chi connectivity index (χ1v) is 8.31. The average molecular weight is 346 g/mol. The average Bonchev–Trinajstić information content (AvgIpc) is 2.47. The Balaban J connectivity index is 1.60. The highest BCUT2D eigenvalue weighted by atomic mass is 79.9. The molecule has 1 saturated carbocycles. The molecule has 0 unspecified atom stereocenters. The Morgan fingerprint density at radius 2 is 1.90 bits per heavy atom. The molecular weight excluding hydrogens is 326 g/mol. The van der Waals surface area contributed by atoms with Crippen LogP contribution in [0.5, 0.6) is 5.75 Å². The van der Waals surface area contributed by atoms with E-state index in [2.05, 4.69) is 45.5 Å². The predicted octanol–water partition coefficient (Wildman–Crippen LogP) is 5.24. The molecule has 2 aromatic rings. The van der Waals surface area contributed by atoms with Crippen molar-refractivity contribution < 1.29 is 4.74 Å². The van der Waals surface area contributed by atoms with Crippen LogP contribution in [0.4, 0.5) is 5.69 Å². The van der Waals surface area contributed by atoms with E-state index in [0.29, 0.717) is 6.61 Å². The molecule has 0 saturated heterocycles. The molecule has 0 bridgehead atoms. The number of hydrogen-bond donors (Lipinski definition) is 1. The molecule has 0 aliphatic heterocycles. The summed E-state index contributed by atoms with van der Waals surface area (Å²) in [4.78, 5) is 0. The molecule has 1 aliphatic rings. The molecule has 0 atom stereocenters. The quantitative estimate of drug-likeness (QED) is 0.772. The minimum absolute atomic E-state index is 0.589. The summed E-state index contributed by atoms with van der Waals surface area (Å²) in [7, 11) is 0. The van der Waals surface area contributed by atoms with E-state index in [1.165, 1.54) is 24.8 Å². The molecule has 3 rings (SSSR count). The van der Waals surface area contributed by atoms with Crippen molar-refractivity contribution in [3.8, 4) is 5.75 Å². The van der Waals surface area contributed by atoms with E-state index in [4.69, 9.17) is 4.74 Å². The second-order valence-corrected chi connectivity index (χ2v) is 6.45. The fourth-order valence-electron chi connectivity index (χ4n) is 2.42. The second kappa shape index (κ2) is 6.99. The summed E-state index contributed by atoms with van der Waals surface area (Å²) >= 11 is 3.56. The summed E-state index contributed by atoms with van der Waals surface area (Å²) in [6.07, 6.45) is 4.11. The molecule has 3 heteroatoms. The zero-order valence-electron chi connectivity index (χ0n) is 12.0. The molecular formula is C18H20BrNO. The van der Waals surface area contributed by atoms with Crippen LogP contribution >= 0.6 is 15.9 Å². The van der Waals surface area contributed by atoms with E-state index < -0.39 is 0 Å². The van der Waals surface area contributed by atoms with Crippen LogP contribution in [-0.4, -0.2) is 6.54 Å². The van der Waals surface area contributed by atoms with E-state index >= 15 is 0 Å². The molecule has 0 spiro atoms. The van der Waals surface area contributed by atoms with Crippen molar-refractivity contribution in [1.82, 2.24) is 0 Å². The van der Waals surface area contributed by atoms with Gasteiger partial charge in [0.1, 0.15) is 12.4 Å². The molecule has 0 amide bonds. The van der Waals surface area contributed by atoms with Crippen LogP contribution in [-0.2, 0) is 6.61 Å². The second-order valence-electron chi connectivity index (χ2n) is 5.60. The highest BCUT2D eigenvalue weighted by Gasteiger charge is 2.16. The maximum Gasteiger partial charge on any atom is 0.136 e.